The van der Waals surface area contributed by atoms with E-state index in [1.165, 1.54) is 30.5 Å². The van der Waals surface area contributed by atoms with Crippen molar-refractivity contribution in [3.63, 3.8) is 0 Å². The van der Waals surface area contributed by atoms with E-state index in [0.29, 0.717) is 0 Å². The fourth-order valence-corrected chi connectivity index (χ4v) is 1.84. The Balaban J connectivity index is 2.23. The van der Waals surface area contributed by atoms with Crippen molar-refractivity contribution in [3.8, 4) is 0 Å². The van der Waals surface area contributed by atoms with Crippen LogP contribution in [0.2, 0.25) is 0 Å². The predicted molar refractivity (Wildman–Crippen MR) is 70.9 cm³/mol. The van der Waals surface area contributed by atoms with Crippen molar-refractivity contribution >= 4 is 0 Å². The summed E-state index contributed by atoms with van der Waals surface area (Å²) in [7, 11) is 4.19. The Morgan fingerprint density at radius 1 is 1.19 bits per heavy atom. The Morgan fingerprint density at radius 2 is 1.94 bits per heavy atom. The van der Waals surface area contributed by atoms with Crippen molar-refractivity contribution in [2.24, 2.45) is 0 Å². The van der Waals surface area contributed by atoms with Gasteiger partial charge in [0, 0.05) is 13.1 Å². The normalized spacial score (nSPS) is 11.0. The van der Waals surface area contributed by atoms with Crippen molar-refractivity contribution < 1.29 is 0 Å². The van der Waals surface area contributed by atoms with Crippen LogP contribution in [0, 0.1) is 6.92 Å². The Labute approximate surface area is 99.7 Å². The molecule has 0 aliphatic carbocycles. The molecule has 0 spiro atoms. The molecule has 1 aromatic rings. The summed E-state index contributed by atoms with van der Waals surface area (Å²) >= 11 is 0. The quantitative estimate of drug-likeness (QED) is 0.757. The molecule has 2 nitrogen and oxygen atoms in total. The maximum atomic E-state index is 3.17. The Kier molecular flexibility index (Phi) is 6.12. The standard InChI is InChI=1S/C14H24N2/c1-13-7-4-5-8-14(13)9-6-11-16(3)12-10-15-2/h4-5,7-8,15H,6,9-12H2,1-3H3. The molecule has 0 amide bonds. The minimum absolute atomic E-state index is 1.07. The lowest BCUT2D eigenvalue weighted by molar-refractivity contribution is 0.330. The molecule has 0 radical (unpaired) electrons. The molecule has 90 valence electrons. The molecule has 0 unspecified atom stereocenters. The molecule has 0 saturated carbocycles. The molecule has 1 N–H and O–H groups in total. The van der Waals surface area contributed by atoms with Gasteiger partial charge >= 0.3 is 0 Å². The van der Waals surface area contributed by atoms with E-state index < -0.39 is 0 Å². The van der Waals surface area contributed by atoms with E-state index in [-0.39, 0.29) is 0 Å². The van der Waals surface area contributed by atoms with Gasteiger partial charge in [0.2, 0.25) is 0 Å². The summed E-state index contributed by atoms with van der Waals surface area (Å²) in [5, 5.41) is 3.17. The first-order chi connectivity index (χ1) is 7.74. The maximum absolute atomic E-state index is 3.17. The van der Waals surface area contributed by atoms with Crippen LogP contribution >= 0.6 is 0 Å². The smallest absolute Gasteiger partial charge is 0.0104 e. The van der Waals surface area contributed by atoms with Crippen LogP contribution in [-0.2, 0) is 6.42 Å². The molecule has 0 atom stereocenters. The third-order valence-corrected chi connectivity index (χ3v) is 2.99. The number of benzene rings is 1. The second-order valence-electron chi connectivity index (χ2n) is 4.44. The molecule has 0 fully saturated rings. The highest BCUT2D eigenvalue weighted by atomic mass is 15.1. The van der Waals surface area contributed by atoms with Crippen LogP contribution in [-0.4, -0.2) is 38.6 Å². The number of likely N-dealkylation sites (N-methyl/N-ethyl adjacent to an activating group) is 2. The van der Waals surface area contributed by atoms with Crippen LogP contribution in [0.5, 0.6) is 0 Å². The third kappa shape index (κ3) is 4.77. The highest BCUT2D eigenvalue weighted by Gasteiger charge is 1.99. The van der Waals surface area contributed by atoms with Gasteiger partial charge in [-0.2, -0.15) is 0 Å². The molecule has 0 bridgehead atoms. The lowest BCUT2D eigenvalue weighted by Gasteiger charge is -2.16. The van der Waals surface area contributed by atoms with Crippen LogP contribution in [0.25, 0.3) is 0 Å². The molecule has 0 saturated heterocycles. The first kappa shape index (κ1) is 13.2. The van der Waals surface area contributed by atoms with Gasteiger partial charge in [0.1, 0.15) is 0 Å². The number of nitrogens with zero attached hydrogens (tertiary/aromatic N) is 1. The first-order valence-corrected chi connectivity index (χ1v) is 6.11. The second-order valence-corrected chi connectivity index (χ2v) is 4.44. The number of rotatable bonds is 7. The molecule has 1 rings (SSSR count). The van der Waals surface area contributed by atoms with E-state index in [9.17, 15) is 0 Å². The van der Waals surface area contributed by atoms with Crippen LogP contribution in [0.3, 0.4) is 0 Å². The molecule has 0 aliphatic heterocycles. The zero-order valence-electron chi connectivity index (χ0n) is 10.8. The van der Waals surface area contributed by atoms with Crippen LogP contribution < -0.4 is 5.32 Å². The second kappa shape index (κ2) is 7.42. The molecule has 2 heteroatoms. The van der Waals surface area contributed by atoms with E-state index in [2.05, 4.69) is 48.5 Å². The van der Waals surface area contributed by atoms with E-state index in [4.69, 9.17) is 0 Å². The molecule has 0 heterocycles. The van der Waals surface area contributed by atoms with Crippen molar-refractivity contribution in [2.45, 2.75) is 19.8 Å². The lowest BCUT2D eigenvalue weighted by atomic mass is 10.0. The number of nitrogens with one attached hydrogen (secondary N) is 1. The van der Waals surface area contributed by atoms with Crippen LogP contribution in [0.15, 0.2) is 24.3 Å². The fraction of sp³-hybridized carbons (Fsp3) is 0.571. The summed E-state index contributed by atoms with van der Waals surface area (Å²) in [4.78, 5) is 2.38. The summed E-state index contributed by atoms with van der Waals surface area (Å²) in [6.45, 7) is 5.57. The maximum Gasteiger partial charge on any atom is 0.0104 e. The minimum Gasteiger partial charge on any atom is -0.318 e. The van der Waals surface area contributed by atoms with E-state index in [1.54, 1.807) is 0 Å². The average molecular weight is 220 g/mol. The van der Waals surface area contributed by atoms with Crippen molar-refractivity contribution in [2.75, 3.05) is 33.7 Å². The van der Waals surface area contributed by atoms with Crippen LogP contribution in [0.4, 0.5) is 0 Å². The zero-order valence-corrected chi connectivity index (χ0v) is 10.8. The topological polar surface area (TPSA) is 15.3 Å². The van der Waals surface area contributed by atoms with Crippen molar-refractivity contribution in [1.29, 1.82) is 0 Å². The van der Waals surface area contributed by atoms with Crippen LogP contribution in [0.1, 0.15) is 17.5 Å². The van der Waals surface area contributed by atoms with Gasteiger partial charge in [0.25, 0.3) is 0 Å². The van der Waals surface area contributed by atoms with Gasteiger partial charge < -0.3 is 10.2 Å². The van der Waals surface area contributed by atoms with Crippen molar-refractivity contribution in [3.05, 3.63) is 35.4 Å². The number of aryl methyl sites for hydroxylation is 2. The Hall–Kier alpha value is -0.860. The monoisotopic (exact) mass is 220 g/mol. The highest BCUT2D eigenvalue weighted by molar-refractivity contribution is 5.25. The Bertz CT molecular complexity index is 297. The van der Waals surface area contributed by atoms with Gasteiger partial charge in [-0.25, -0.2) is 0 Å². The molecular weight excluding hydrogens is 196 g/mol. The minimum atomic E-state index is 1.07. The molecule has 0 aliphatic rings. The zero-order chi connectivity index (χ0) is 11.8. The fourth-order valence-electron chi connectivity index (χ4n) is 1.84. The predicted octanol–water partition coefficient (Wildman–Crippen LogP) is 2.08. The number of hydrogen-bond acceptors (Lipinski definition) is 2. The summed E-state index contributed by atoms with van der Waals surface area (Å²) in [5.41, 5.74) is 2.91. The van der Waals surface area contributed by atoms with E-state index in [0.717, 1.165) is 13.1 Å². The summed E-state index contributed by atoms with van der Waals surface area (Å²) in [6.07, 6.45) is 2.43. The molecular formula is C14H24N2. The summed E-state index contributed by atoms with van der Waals surface area (Å²) in [6, 6.07) is 8.67. The van der Waals surface area contributed by atoms with Gasteiger partial charge in [0.15, 0.2) is 0 Å². The van der Waals surface area contributed by atoms with E-state index in [1.807, 2.05) is 7.05 Å². The van der Waals surface area contributed by atoms with Gasteiger partial charge in [0.05, 0.1) is 0 Å². The largest absolute Gasteiger partial charge is 0.318 e. The molecule has 16 heavy (non-hydrogen) atoms. The van der Waals surface area contributed by atoms with Gasteiger partial charge in [-0.05, 0) is 51.5 Å². The highest BCUT2D eigenvalue weighted by Crippen LogP contribution is 2.09. The van der Waals surface area contributed by atoms with Gasteiger partial charge in [-0.3, -0.25) is 0 Å². The van der Waals surface area contributed by atoms with Gasteiger partial charge in [-0.1, -0.05) is 24.3 Å². The summed E-state index contributed by atoms with van der Waals surface area (Å²) in [5.74, 6) is 0. The molecule has 0 aromatic heterocycles. The first-order valence-electron chi connectivity index (χ1n) is 6.11. The SMILES string of the molecule is CNCCN(C)CCCc1ccccc1C. The number of hydrogen-bond donors (Lipinski definition) is 1. The van der Waals surface area contributed by atoms with E-state index >= 15 is 0 Å². The Morgan fingerprint density at radius 3 is 2.62 bits per heavy atom. The lowest BCUT2D eigenvalue weighted by Crippen LogP contribution is -2.28. The molecule has 1 aromatic carbocycles. The van der Waals surface area contributed by atoms with Gasteiger partial charge in [-0.15, -0.1) is 0 Å². The summed E-state index contributed by atoms with van der Waals surface area (Å²) < 4.78 is 0. The third-order valence-electron chi connectivity index (χ3n) is 2.99. The average Bonchev–Trinajstić information content (AvgIpc) is 2.29. The van der Waals surface area contributed by atoms with Crippen molar-refractivity contribution in [1.82, 2.24) is 10.2 Å².